The van der Waals surface area contributed by atoms with Crippen molar-refractivity contribution >= 4 is 29.3 Å². The van der Waals surface area contributed by atoms with E-state index in [0.29, 0.717) is 0 Å². The van der Waals surface area contributed by atoms with Crippen molar-refractivity contribution in [2.45, 2.75) is 0 Å². The van der Waals surface area contributed by atoms with Gasteiger partial charge >= 0.3 is 5.97 Å². The summed E-state index contributed by atoms with van der Waals surface area (Å²) in [5.74, 6) is -1.76. The second kappa shape index (κ2) is 5.45. The number of pyridine rings is 2. The van der Waals surface area contributed by atoms with Crippen LogP contribution in [0.2, 0.25) is 5.02 Å². The van der Waals surface area contributed by atoms with E-state index in [1.54, 1.807) is 12.1 Å². The Bertz CT molecular complexity index is 646. The molecule has 0 unspecified atom stereocenters. The Hall–Kier alpha value is -2.47. The number of carbonyl (C=O) groups excluding carboxylic acids is 1. The van der Waals surface area contributed by atoms with E-state index < -0.39 is 11.9 Å². The first-order valence-corrected chi connectivity index (χ1v) is 5.57. The molecule has 2 aromatic heterocycles. The Labute approximate surface area is 113 Å². The smallest absolute Gasteiger partial charge is 0.338 e. The summed E-state index contributed by atoms with van der Waals surface area (Å²) in [5, 5.41) is 11.6. The third-order valence-corrected chi connectivity index (χ3v) is 2.55. The lowest BCUT2D eigenvalue weighted by Crippen LogP contribution is -2.18. The molecule has 6 nitrogen and oxygen atoms in total. The highest BCUT2D eigenvalue weighted by Crippen LogP contribution is 2.18. The maximum absolute atomic E-state index is 12.0. The van der Waals surface area contributed by atoms with E-state index in [9.17, 15) is 9.59 Å². The van der Waals surface area contributed by atoms with Gasteiger partial charge in [0.1, 0.15) is 5.69 Å². The van der Waals surface area contributed by atoms with Gasteiger partial charge < -0.3 is 10.4 Å². The molecule has 2 heterocycles. The quantitative estimate of drug-likeness (QED) is 0.896. The summed E-state index contributed by atoms with van der Waals surface area (Å²) in [7, 11) is 0. The summed E-state index contributed by atoms with van der Waals surface area (Å²) in [6.45, 7) is 0. The maximum atomic E-state index is 12.0. The number of nitrogens with zero attached hydrogens (tertiary/aromatic N) is 2. The predicted molar refractivity (Wildman–Crippen MR) is 68.4 cm³/mol. The summed E-state index contributed by atoms with van der Waals surface area (Å²) >= 11 is 5.84. The highest BCUT2D eigenvalue weighted by Gasteiger charge is 2.18. The number of amides is 1. The number of hydrogen-bond donors (Lipinski definition) is 2. The molecule has 0 fully saturated rings. The van der Waals surface area contributed by atoms with Crippen LogP contribution in [0.1, 0.15) is 20.8 Å². The fourth-order valence-corrected chi connectivity index (χ4v) is 1.57. The van der Waals surface area contributed by atoms with Crippen LogP contribution in [0.25, 0.3) is 0 Å². The lowest BCUT2D eigenvalue weighted by Gasteiger charge is -2.06. The summed E-state index contributed by atoms with van der Waals surface area (Å²) in [5.41, 5.74) is -0.385. The van der Waals surface area contributed by atoms with Crippen molar-refractivity contribution in [3.63, 3.8) is 0 Å². The van der Waals surface area contributed by atoms with Gasteiger partial charge in [-0.25, -0.2) is 9.78 Å². The average Bonchev–Trinajstić information content (AvgIpc) is 2.41. The van der Waals surface area contributed by atoms with Crippen molar-refractivity contribution in [2.75, 3.05) is 5.32 Å². The molecule has 7 heteroatoms. The maximum Gasteiger partial charge on any atom is 0.338 e. The number of halogens is 1. The second-order valence-electron chi connectivity index (χ2n) is 3.49. The molecule has 0 bridgehead atoms. The third-order valence-electron chi connectivity index (χ3n) is 2.24. The summed E-state index contributed by atoms with van der Waals surface area (Å²) in [4.78, 5) is 30.6. The Morgan fingerprint density at radius 2 is 1.84 bits per heavy atom. The number of aromatic nitrogens is 2. The first kappa shape index (κ1) is 13.0. The summed E-state index contributed by atoms with van der Waals surface area (Å²) in [6, 6.07) is 5.90. The molecule has 0 aliphatic carbocycles. The Morgan fingerprint density at radius 1 is 1.16 bits per heavy atom. The minimum Gasteiger partial charge on any atom is -0.478 e. The van der Waals surface area contributed by atoms with Gasteiger partial charge in [0, 0.05) is 12.4 Å². The Kier molecular flexibility index (Phi) is 3.72. The highest BCUT2D eigenvalue weighted by atomic mass is 35.5. The van der Waals surface area contributed by atoms with Gasteiger partial charge in [0.25, 0.3) is 5.91 Å². The molecule has 0 aliphatic rings. The van der Waals surface area contributed by atoms with E-state index in [4.69, 9.17) is 16.7 Å². The molecule has 0 aliphatic heterocycles. The van der Waals surface area contributed by atoms with Crippen molar-refractivity contribution in [2.24, 2.45) is 0 Å². The van der Waals surface area contributed by atoms with Gasteiger partial charge in [-0.3, -0.25) is 9.78 Å². The van der Waals surface area contributed by atoms with Crippen molar-refractivity contribution in [1.82, 2.24) is 9.97 Å². The van der Waals surface area contributed by atoms with Crippen LogP contribution in [-0.4, -0.2) is 27.0 Å². The van der Waals surface area contributed by atoms with Crippen LogP contribution in [0.5, 0.6) is 0 Å². The number of hydrogen-bond acceptors (Lipinski definition) is 4. The number of aromatic carboxylic acids is 1. The van der Waals surface area contributed by atoms with Crippen LogP contribution in [-0.2, 0) is 0 Å². The number of rotatable bonds is 3. The van der Waals surface area contributed by atoms with E-state index in [-0.39, 0.29) is 22.1 Å². The summed E-state index contributed by atoms with van der Waals surface area (Å²) in [6.07, 6.45) is 2.79. The molecular weight excluding hydrogens is 270 g/mol. The fourth-order valence-electron chi connectivity index (χ4n) is 1.40. The molecule has 2 aromatic rings. The molecule has 96 valence electrons. The summed E-state index contributed by atoms with van der Waals surface area (Å²) < 4.78 is 0. The fraction of sp³-hybridized carbons (Fsp3) is 0. The topological polar surface area (TPSA) is 92.2 Å². The van der Waals surface area contributed by atoms with Crippen molar-refractivity contribution in [3.8, 4) is 0 Å². The van der Waals surface area contributed by atoms with Crippen LogP contribution in [0.3, 0.4) is 0 Å². The largest absolute Gasteiger partial charge is 0.478 e. The molecule has 0 saturated heterocycles. The standard InChI is InChI=1S/C12H8ClN3O3/c13-8-4-2-6-15-10(8)16-11(17)9-7(12(18)19)3-1-5-14-9/h1-6H,(H,18,19)(H,15,16,17). The molecule has 2 rings (SSSR count). The van der Waals surface area contributed by atoms with Crippen molar-refractivity contribution < 1.29 is 14.7 Å². The Balaban J connectivity index is 2.31. The number of carboxylic acid groups (broad SMARTS) is 1. The van der Waals surface area contributed by atoms with Gasteiger partial charge in [-0.15, -0.1) is 0 Å². The molecule has 0 radical (unpaired) electrons. The normalized spacial score (nSPS) is 9.95. The van der Waals surface area contributed by atoms with Crippen molar-refractivity contribution in [1.29, 1.82) is 0 Å². The second-order valence-corrected chi connectivity index (χ2v) is 3.90. The number of anilines is 1. The highest BCUT2D eigenvalue weighted by molar-refractivity contribution is 6.33. The van der Waals surface area contributed by atoms with Gasteiger partial charge in [-0.1, -0.05) is 11.6 Å². The molecule has 2 N–H and O–H groups in total. The number of carbonyl (C=O) groups is 2. The number of nitrogens with one attached hydrogen (secondary N) is 1. The van der Waals surface area contributed by atoms with E-state index in [1.165, 1.54) is 24.5 Å². The number of carboxylic acids is 1. The average molecular weight is 278 g/mol. The lowest BCUT2D eigenvalue weighted by atomic mass is 10.2. The molecule has 1 amide bonds. The molecule has 19 heavy (non-hydrogen) atoms. The van der Waals surface area contributed by atoms with Gasteiger partial charge in [-0.05, 0) is 24.3 Å². The van der Waals surface area contributed by atoms with Crippen molar-refractivity contribution in [3.05, 3.63) is 52.9 Å². The van der Waals surface area contributed by atoms with E-state index in [2.05, 4.69) is 15.3 Å². The molecule has 0 spiro atoms. The van der Waals surface area contributed by atoms with Gasteiger partial charge in [0.2, 0.25) is 0 Å². The van der Waals surface area contributed by atoms with Crippen LogP contribution < -0.4 is 5.32 Å². The predicted octanol–water partition coefficient (Wildman–Crippen LogP) is 2.08. The van der Waals surface area contributed by atoms with Gasteiger partial charge in [-0.2, -0.15) is 0 Å². The molecule has 0 atom stereocenters. The van der Waals surface area contributed by atoms with Gasteiger partial charge in [0.05, 0.1) is 10.6 Å². The van der Waals surface area contributed by atoms with Crippen LogP contribution >= 0.6 is 11.6 Å². The van der Waals surface area contributed by atoms with E-state index >= 15 is 0 Å². The van der Waals surface area contributed by atoms with E-state index in [1.807, 2.05) is 0 Å². The SMILES string of the molecule is O=C(O)c1cccnc1C(=O)Nc1ncccc1Cl. The van der Waals surface area contributed by atoms with Crippen LogP contribution in [0, 0.1) is 0 Å². The van der Waals surface area contributed by atoms with Crippen LogP contribution in [0.15, 0.2) is 36.7 Å². The first-order chi connectivity index (χ1) is 9.09. The molecule has 0 saturated carbocycles. The monoisotopic (exact) mass is 277 g/mol. The Morgan fingerprint density at radius 3 is 2.53 bits per heavy atom. The zero-order valence-electron chi connectivity index (χ0n) is 9.50. The molecule has 0 aromatic carbocycles. The minimum atomic E-state index is -1.23. The molecular formula is C12H8ClN3O3. The lowest BCUT2D eigenvalue weighted by molar-refractivity contribution is 0.0691. The van der Waals surface area contributed by atoms with Gasteiger partial charge in [0.15, 0.2) is 5.82 Å². The van der Waals surface area contributed by atoms with Crippen LogP contribution in [0.4, 0.5) is 5.82 Å². The zero-order valence-corrected chi connectivity index (χ0v) is 10.3. The minimum absolute atomic E-state index is 0.149. The van der Waals surface area contributed by atoms with E-state index in [0.717, 1.165) is 0 Å². The first-order valence-electron chi connectivity index (χ1n) is 5.20. The third kappa shape index (κ3) is 2.86. The zero-order chi connectivity index (χ0) is 13.8.